The van der Waals surface area contributed by atoms with Crippen molar-refractivity contribution in [1.29, 1.82) is 0 Å². The van der Waals surface area contributed by atoms with Gasteiger partial charge in [0.25, 0.3) is 0 Å². The van der Waals surface area contributed by atoms with Crippen molar-refractivity contribution in [3.63, 3.8) is 0 Å². The lowest BCUT2D eigenvalue weighted by Crippen LogP contribution is -2.25. The molecule has 2 aliphatic carbocycles. The molecule has 1 nitrogen and oxygen atoms in total. The number of ether oxygens (including phenoxy) is 1. The molecule has 0 aromatic carbocycles. The Morgan fingerprint density at radius 2 is 1.72 bits per heavy atom. The monoisotopic (exact) mass is 314 g/mol. The first-order valence-corrected chi connectivity index (χ1v) is 9.01. The molecular formula is C16H27BrO. The fraction of sp³-hybridized carbons (Fsp3) is 1.00. The highest BCUT2D eigenvalue weighted by atomic mass is 79.9. The van der Waals surface area contributed by atoms with Gasteiger partial charge in [-0.25, -0.2) is 0 Å². The molecule has 3 fully saturated rings. The highest BCUT2D eigenvalue weighted by molar-refractivity contribution is 9.09. The fourth-order valence-corrected chi connectivity index (χ4v) is 5.18. The van der Waals surface area contributed by atoms with Crippen molar-refractivity contribution >= 4 is 15.9 Å². The summed E-state index contributed by atoms with van der Waals surface area (Å²) in [4.78, 5) is 0.753. The second kappa shape index (κ2) is 5.83. The molecule has 0 bridgehead atoms. The van der Waals surface area contributed by atoms with Crippen LogP contribution in [0.3, 0.4) is 0 Å². The smallest absolute Gasteiger partial charge is 0.0687 e. The van der Waals surface area contributed by atoms with Crippen molar-refractivity contribution in [2.75, 3.05) is 0 Å². The predicted molar refractivity (Wildman–Crippen MR) is 79.2 cm³/mol. The molecule has 0 aromatic rings. The number of hydrogen-bond acceptors (Lipinski definition) is 1. The molecule has 0 amide bonds. The van der Waals surface area contributed by atoms with E-state index in [1.54, 1.807) is 0 Å². The maximum absolute atomic E-state index is 6.40. The summed E-state index contributed by atoms with van der Waals surface area (Å²) >= 11 is 3.93. The first-order chi connectivity index (χ1) is 8.77. The van der Waals surface area contributed by atoms with Crippen molar-refractivity contribution in [1.82, 2.24) is 0 Å². The molecule has 2 unspecified atom stereocenters. The Bertz CT molecular complexity index is 266. The van der Waals surface area contributed by atoms with E-state index in [0.29, 0.717) is 11.7 Å². The van der Waals surface area contributed by atoms with Crippen molar-refractivity contribution < 1.29 is 4.74 Å². The minimum Gasteiger partial charge on any atom is -0.372 e. The first kappa shape index (κ1) is 13.4. The van der Waals surface area contributed by atoms with Crippen LogP contribution in [0.2, 0.25) is 0 Å². The predicted octanol–water partition coefficient (Wildman–Crippen LogP) is 5.21. The molecule has 2 saturated carbocycles. The summed E-state index contributed by atoms with van der Waals surface area (Å²) in [6.07, 6.45) is 17.1. The molecule has 0 radical (unpaired) electrons. The lowest BCUT2D eigenvalue weighted by molar-refractivity contribution is -0.0395. The first-order valence-electron chi connectivity index (χ1n) is 8.09. The van der Waals surface area contributed by atoms with Gasteiger partial charge >= 0.3 is 0 Å². The van der Waals surface area contributed by atoms with Crippen LogP contribution in [0.5, 0.6) is 0 Å². The molecule has 0 aromatic heterocycles. The highest BCUT2D eigenvalue weighted by Gasteiger charge is 2.42. The number of alkyl halides is 1. The van der Waals surface area contributed by atoms with Crippen LogP contribution in [-0.2, 0) is 4.74 Å². The standard InChI is InChI=1S/C16H27BrO/c17-15(13-5-1-2-6-13)8-7-14-9-12-16(18-14)10-3-4-11-16/h13-15H,1-12H2. The van der Waals surface area contributed by atoms with Gasteiger partial charge in [0, 0.05) is 4.83 Å². The lowest BCUT2D eigenvalue weighted by atomic mass is 9.96. The average Bonchev–Trinajstić information content (AvgIpc) is 3.09. The van der Waals surface area contributed by atoms with Crippen molar-refractivity contribution in [2.45, 2.75) is 93.6 Å². The lowest BCUT2D eigenvalue weighted by Gasteiger charge is -2.24. The van der Waals surface area contributed by atoms with Gasteiger partial charge in [0.05, 0.1) is 11.7 Å². The third kappa shape index (κ3) is 2.95. The topological polar surface area (TPSA) is 9.23 Å². The molecule has 1 aliphatic heterocycles. The Kier molecular flexibility index (Phi) is 4.35. The van der Waals surface area contributed by atoms with Gasteiger partial charge in [0.15, 0.2) is 0 Å². The Morgan fingerprint density at radius 1 is 1.00 bits per heavy atom. The molecule has 18 heavy (non-hydrogen) atoms. The van der Waals surface area contributed by atoms with Crippen LogP contribution in [0.1, 0.15) is 77.0 Å². The van der Waals surface area contributed by atoms with Crippen LogP contribution < -0.4 is 0 Å². The van der Waals surface area contributed by atoms with E-state index >= 15 is 0 Å². The molecule has 3 rings (SSSR count). The van der Waals surface area contributed by atoms with Gasteiger partial charge < -0.3 is 4.74 Å². The van der Waals surface area contributed by atoms with E-state index in [9.17, 15) is 0 Å². The normalized spacial score (nSPS) is 33.5. The third-order valence-corrected chi connectivity index (χ3v) is 6.73. The van der Waals surface area contributed by atoms with E-state index in [0.717, 1.165) is 10.7 Å². The molecule has 1 spiro atoms. The minimum absolute atomic E-state index is 0.333. The zero-order chi connectivity index (χ0) is 12.4. The van der Waals surface area contributed by atoms with Gasteiger partial charge in [-0.1, -0.05) is 41.6 Å². The van der Waals surface area contributed by atoms with E-state index in [2.05, 4.69) is 15.9 Å². The SMILES string of the molecule is BrC(CCC1CCC2(CCCC2)O1)C1CCCC1. The van der Waals surface area contributed by atoms with E-state index < -0.39 is 0 Å². The van der Waals surface area contributed by atoms with Crippen LogP contribution in [0.4, 0.5) is 0 Å². The third-order valence-electron chi connectivity index (χ3n) is 5.53. The van der Waals surface area contributed by atoms with Gasteiger partial charge in [-0.3, -0.25) is 0 Å². The van der Waals surface area contributed by atoms with Crippen LogP contribution >= 0.6 is 15.9 Å². The van der Waals surface area contributed by atoms with E-state index in [-0.39, 0.29) is 0 Å². The van der Waals surface area contributed by atoms with Gasteiger partial charge in [-0.05, 0) is 57.3 Å². The van der Waals surface area contributed by atoms with Gasteiger partial charge in [-0.15, -0.1) is 0 Å². The maximum atomic E-state index is 6.40. The highest BCUT2D eigenvalue weighted by Crippen LogP contribution is 2.44. The van der Waals surface area contributed by atoms with Crippen molar-refractivity contribution in [3.8, 4) is 0 Å². The summed E-state index contributed by atoms with van der Waals surface area (Å²) in [5.41, 5.74) is 0.333. The van der Waals surface area contributed by atoms with E-state index in [4.69, 9.17) is 4.74 Å². The van der Waals surface area contributed by atoms with E-state index in [1.807, 2.05) is 0 Å². The molecule has 2 heteroatoms. The molecular weight excluding hydrogens is 288 g/mol. The van der Waals surface area contributed by atoms with Crippen LogP contribution in [0.15, 0.2) is 0 Å². The maximum Gasteiger partial charge on any atom is 0.0687 e. The summed E-state index contributed by atoms with van der Waals surface area (Å²) in [5, 5.41) is 0. The number of hydrogen-bond donors (Lipinski definition) is 0. The summed E-state index contributed by atoms with van der Waals surface area (Å²) in [5.74, 6) is 0.951. The second-order valence-corrected chi connectivity index (χ2v) is 7.98. The summed E-state index contributed by atoms with van der Waals surface area (Å²) in [6, 6.07) is 0. The van der Waals surface area contributed by atoms with Gasteiger partial charge in [-0.2, -0.15) is 0 Å². The second-order valence-electron chi connectivity index (χ2n) is 6.81. The molecule has 3 aliphatic rings. The average molecular weight is 315 g/mol. The molecule has 1 heterocycles. The Hall–Kier alpha value is 0.440. The van der Waals surface area contributed by atoms with Crippen LogP contribution in [0.25, 0.3) is 0 Å². The quantitative estimate of drug-likeness (QED) is 0.647. The van der Waals surface area contributed by atoms with Crippen LogP contribution in [-0.4, -0.2) is 16.5 Å². The number of halogens is 1. The molecule has 104 valence electrons. The zero-order valence-corrected chi connectivity index (χ0v) is 13.1. The minimum atomic E-state index is 0.333. The van der Waals surface area contributed by atoms with Crippen LogP contribution in [0, 0.1) is 5.92 Å². The molecule has 0 N–H and O–H groups in total. The van der Waals surface area contributed by atoms with Gasteiger partial charge in [0.2, 0.25) is 0 Å². The van der Waals surface area contributed by atoms with E-state index in [1.165, 1.54) is 77.0 Å². The molecule has 1 saturated heterocycles. The zero-order valence-electron chi connectivity index (χ0n) is 11.5. The molecule has 2 atom stereocenters. The van der Waals surface area contributed by atoms with Gasteiger partial charge in [0.1, 0.15) is 0 Å². The summed E-state index contributed by atoms with van der Waals surface area (Å²) in [7, 11) is 0. The largest absolute Gasteiger partial charge is 0.372 e. The Morgan fingerprint density at radius 3 is 2.44 bits per heavy atom. The number of rotatable bonds is 4. The summed E-state index contributed by atoms with van der Waals surface area (Å²) in [6.45, 7) is 0. The fourth-order valence-electron chi connectivity index (χ4n) is 4.39. The Balaban J connectivity index is 1.41. The van der Waals surface area contributed by atoms with Crippen molar-refractivity contribution in [2.24, 2.45) is 5.92 Å². The Labute approximate surface area is 120 Å². The van der Waals surface area contributed by atoms with Crippen molar-refractivity contribution in [3.05, 3.63) is 0 Å². The summed E-state index contributed by atoms with van der Waals surface area (Å²) < 4.78 is 6.40.